The summed E-state index contributed by atoms with van der Waals surface area (Å²) < 4.78 is 23.7. The minimum Gasteiger partial charge on any atom is -0.493 e. The van der Waals surface area contributed by atoms with Crippen molar-refractivity contribution in [3.05, 3.63) is 59.4 Å². The van der Waals surface area contributed by atoms with Gasteiger partial charge in [-0.2, -0.15) is 0 Å². The molecular formula is C16H17FO3. The molecule has 4 heteroatoms. The number of benzene rings is 2. The zero-order chi connectivity index (χ0) is 14.5. The van der Waals surface area contributed by atoms with E-state index >= 15 is 0 Å². The zero-order valence-electron chi connectivity index (χ0n) is 11.5. The van der Waals surface area contributed by atoms with E-state index in [-0.39, 0.29) is 5.82 Å². The molecule has 0 saturated carbocycles. The van der Waals surface area contributed by atoms with E-state index in [0.717, 1.165) is 11.1 Å². The molecule has 1 N–H and O–H groups in total. The van der Waals surface area contributed by atoms with Gasteiger partial charge in [0.15, 0.2) is 11.5 Å². The smallest absolute Gasteiger partial charge is 0.161 e. The average Bonchev–Trinajstić information content (AvgIpc) is 2.46. The molecule has 1 unspecified atom stereocenters. The Hall–Kier alpha value is -2.07. The summed E-state index contributed by atoms with van der Waals surface area (Å²) in [6.07, 6.45) is -0.560. The van der Waals surface area contributed by atoms with Crippen molar-refractivity contribution >= 4 is 0 Å². The summed E-state index contributed by atoms with van der Waals surface area (Å²) in [6, 6.07) is 11.4. The molecule has 0 aliphatic heterocycles. The van der Waals surface area contributed by atoms with E-state index in [1.54, 1.807) is 44.4 Å². The monoisotopic (exact) mass is 276 g/mol. The standard InChI is InChI=1S/C16H17FO3/c1-11(18)13-5-8-15(16(9-13)19-2)20-10-12-3-6-14(17)7-4-12/h3-9,11,18H,10H2,1-2H3. The van der Waals surface area contributed by atoms with Crippen LogP contribution in [-0.4, -0.2) is 12.2 Å². The van der Waals surface area contributed by atoms with Crippen molar-refractivity contribution in [2.24, 2.45) is 0 Å². The summed E-state index contributed by atoms with van der Waals surface area (Å²) in [7, 11) is 1.55. The van der Waals surface area contributed by atoms with E-state index < -0.39 is 6.10 Å². The fourth-order valence-electron chi connectivity index (χ4n) is 1.80. The predicted octanol–water partition coefficient (Wildman–Crippen LogP) is 3.47. The fourth-order valence-corrected chi connectivity index (χ4v) is 1.80. The number of halogens is 1. The van der Waals surface area contributed by atoms with Crippen LogP contribution < -0.4 is 9.47 Å². The Morgan fingerprint density at radius 3 is 2.40 bits per heavy atom. The molecule has 20 heavy (non-hydrogen) atoms. The SMILES string of the molecule is COc1cc(C(C)O)ccc1OCc1ccc(F)cc1. The van der Waals surface area contributed by atoms with Gasteiger partial charge in [0.25, 0.3) is 0 Å². The molecule has 106 valence electrons. The van der Waals surface area contributed by atoms with E-state index in [1.807, 2.05) is 0 Å². The third-order valence-electron chi connectivity index (χ3n) is 2.98. The molecule has 0 spiro atoms. The minimum absolute atomic E-state index is 0.271. The molecule has 3 nitrogen and oxygen atoms in total. The highest BCUT2D eigenvalue weighted by Gasteiger charge is 2.09. The molecule has 0 saturated heterocycles. The number of hydrogen-bond donors (Lipinski definition) is 1. The van der Waals surface area contributed by atoms with Gasteiger partial charge in [-0.1, -0.05) is 18.2 Å². The second-order valence-corrected chi connectivity index (χ2v) is 4.50. The zero-order valence-corrected chi connectivity index (χ0v) is 11.5. The van der Waals surface area contributed by atoms with E-state index in [2.05, 4.69) is 0 Å². The minimum atomic E-state index is -0.560. The van der Waals surface area contributed by atoms with Gasteiger partial charge in [-0.25, -0.2) is 4.39 Å². The van der Waals surface area contributed by atoms with Crippen LogP contribution in [0.2, 0.25) is 0 Å². The largest absolute Gasteiger partial charge is 0.493 e. The third-order valence-corrected chi connectivity index (χ3v) is 2.98. The van der Waals surface area contributed by atoms with Crippen molar-refractivity contribution in [3.8, 4) is 11.5 Å². The van der Waals surface area contributed by atoms with Crippen molar-refractivity contribution in [3.63, 3.8) is 0 Å². The van der Waals surface area contributed by atoms with E-state index in [1.165, 1.54) is 12.1 Å². The highest BCUT2D eigenvalue weighted by atomic mass is 19.1. The number of methoxy groups -OCH3 is 1. The van der Waals surface area contributed by atoms with Crippen molar-refractivity contribution in [1.82, 2.24) is 0 Å². The lowest BCUT2D eigenvalue weighted by atomic mass is 10.1. The van der Waals surface area contributed by atoms with Crippen LogP contribution in [-0.2, 0) is 6.61 Å². The number of aliphatic hydroxyl groups is 1. The van der Waals surface area contributed by atoms with E-state index in [9.17, 15) is 9.50 Å². The van der Waals surface area contributed by atoms with Crippen LogP contribution in [0.15, 0.2) is 42.5 Å². The Labute approximate surface area is 117 Å². The first kappa shape index (κ1) is 14.3. The van der Waals surface area contributed by atoms with Gasteiger partial charge in [-0.15, -0.1) is 0 Å². The normalized spacial score (nSPS) is 12.0. The summed E-state index contributed by atoms with van der Waals surface area (Å²) >= 11 is 0. The summed E-state index contributed by atoms with van der Waals surface area (Å²) in [6.45, 7) is 2.01. The highest BCUT2D eigenvalue weighted by molar-refractivity contribution is 5.43. The Morgan fingerprint density at radius 2 is 1.80 bits per heavy atom. The first-order valence-corrected chi connectivity index (χ1v) is 6.33. The molecular weight excluding hydrogens is 259 g/mol. The van der Waals surface area contributed by atoms with Crippen LogP contribution >= 0.6 is 0 Å². The van der Waals surface area contributed by atoms with Gasteiger partial charge < -0.3 is 14.6 Å². The van der Waals surface area contributed by atoms with Crippen LogP contribution in [0.5, 0.6) is 11.5 Å². The predicted molar refractivity (Wildman–Crippen MR) is 74.4 cm³/mol. The molecule has 2 aromatic rings. The fraction of sp³-hybridized carbons (Fsp3) is 0.250. The molecule has 2 aromatic carbocycles. The van der Waals surface area contributed by atoms with Crippen LogP contribution in [0.4, 0.5) is 4.39 Å². The van der Waals surface area contributed by atoms with Crippen molar-refractivity contribution in [2.75, 3.05) is 7.11 Å². The van der Waals surface area contributed by atoms with Crippen LogP contribution in [0.1, 0.15) is 24.2 Å². The van der Waals surface area contributed by atoms with Crippen molar-refractivity contribution < 1.29 is 19.0 Å². The lowest BCUT2D eigenvalue weighted by Gasteiger charge is -2.13. The van der Waals surface area contributed by atoms with Crippen molar-refractivity contribution in [1.29, 1.82) is 0 Å². The van der Waals surface area contributed by atoms with Crippen LogP contribution in [0.3, 0.4) is 0 Å². The maximum absolute atomic E-state index is 12.8. The maximum atomic E-state index is 12.8. The summed E-state index contributed by atoms with van der Waals surface area (Å²) in [5, 5.41) is 9.54. The van der Waals surface area contributed by atoms with Gasteiger partial charge in [-0.05, 0) is 42.3 Å². The molecule has 0 aliphatic carbocycles. The number of hydrogen-bond acceptors (Lipinski definition) is 3. The molecule has 2 rings (SSSR count). The average molecular weight is 276 g/mol. The Morgan fingerprint density at radius 1 is 1.10 bits per heavy atom. The Balaban J connectivity index is 2.10. The summed E-state index contributed by atoms with van der Waals surface area (Å²) in [5.74, 6) is 0.874. The molecule has 0 amide bonds. The lowest BCUT2D eigenvalue weighted by Crippen LogP contribution is -1.99. The van der Waals surface area contributed by atoms with Crippen LogP contribution in [0.25, 0.3) is 0 Å². The molecule has 0 radical (unpaired) electrons. The second-order valence-electron chi connectivity index (χ2n) is 4.50. The van der Waals surface area contributed by atoms with Gasteiger partial charge in [0, 0.05) is 0 Å². The van der Waals surface area contributed by atoms with E-state index in [4.69, 9.17) is 9.47 Å². The molecule has 0 fully saturated rings. The van der Waals surface area contributed by atoms with Gasteiger partial charge in [0.05, 0.1) is 13.2 Å². The first-order chi connectivity index (χ1) is 9.60. The molecule has 1 atom stereocenters. The maximum Gasteiger partial charge on any atom is 0.161 e. The van der Waals surface area contributed by atoms with E-state index in [0.29, 0.717) is 18.1 Å². The molecule has 0 aliphatic rings. The number of ether oxygens (including phenoxy) is 2. The quantitative estimate of drug-likeness (QED) is 0.908. The van der Waals surface area contributed by atoms with Gasteiger partial charge in [0.2, 0.25) is 0 Å². The van der Waals surface area contributed by atoms with Crippen LogP contribution in [0, 0.1) is 5.82 Å². The lowest BCUT2D eigenvalue weighted by molar-refractivity contribution is 0.198. The Bertz CT molecular complexity index is 564. The van der Waals surface area contributed by atoms with Gasteiger partial charge in [0.1, 0.15) is 12.4 Å². The molecule has 0 aromatic heterocycles. The Kier molecular flexibility index (Phi) is 4.58. The number of rotatable bonds is 5. The third kappa shape index (κ3) is 3.48. The van der Waals surface area contributed by atoms with Crippen molar-refractivity contribution in [2.45, 2.75) is 19.6 Å². The second kappa shape index (κ2) is 6.39. The topological polar surface area (TPSA) is 38.7 Å². The first-order valence-electron chi connectivity index (χ1n) is 6.33. The molecule has 0 heterocycles. The summed E-state index contributed by atoms with van der Waals surface area (Å²) in [4.78, 5) is 0. The molecule has 0 bridgehead atoms. The van der Waals surface area contributed by atoms with Gasteiger partial charge >= 0.3 is 0 Å². The summed E-state index contributed by atoms with van der Waals surface area (Å²) in [5.41, 5.74) is 1.63. The highest BCUT2D eigenvalue weighted by Crippen LogP contribution is 2.30. The number of aliphatic hydroxyl groups excluding tert-OH is 1. The van der Waals surface area contributed by atoms with Gasteiger partial charge in [-0.3, -0.25) is 0 Å².